The van der Waals surface area contributed by atoms with Crippen molar-refractivity contribution in [3.8, 4) is 11.5 Å². The standard InChI is InChI=1S/C43H60ClN3O8S2.C37H46Cl2N2O8/c1-26(2)20-35-40(50)53-33(27(3)37-38(55-37)30-17-14-28(15-18-30)23-47(8)25-43(6,7)57-56-10)12-11-13-36(48)46-32(22-29-16-19-34(52-9)31(44)21-29)39(49)45-24-42(4,5)41(51)54-35;1-21(2)16-30-35(44)47-28(22(3)32-33(49-32)25-13-10-23(19-38)11-14-25)8-7-9-31(42)41-27(18-24-12-15-29(46-6)26(39)17-24)34(43)40-20-37(4,5)36(45)48-30/h11,13-19,21,26-27,32-33,35,37-38H,12,20,22-25H2,1-10H3,(H,45,49)(H,46,48);7,9-15,17,21-22,27-28,30,32-33H,8,16,18-20H2,1-6H3,(H,40,43)(H,41,42)/b13-11+;9-7+/t27-,32+,33-,35-,37+,38+;22-,27+,28-,30-,32+,33+/m00/s1. The van der Waals surface area contributed by atoms with E-state index in [0.29, 0.717) is 38.6 Å². The summed E-state index contributed by atoms with van der Waals surface area (Å²) in [4.78, 5) is 110. The number of alkyl halides is 1. The number of carbonyl (C=O) groups is 8. The molecule has 26 heteroatoms. The van der Waals surface area contributed by atoms with E-state index in [1.165, 1.54) is 31.9 Å². The lowest BCUT2D eigenvalue weighted by atomic mass is 9.92. The second-order valence-corrected chi connectivity index (χ2v) is 34.7. The Bertz CT molecular complexity index is 3740. The van der Waals surface area contributed by atoms with Gasteiger partial charge in [0.15, 0.2) is 12.2 Å². The fourth-order valence-electron chi connectivity index (χ4n) is 12.5. The van der Waals surface area contributed by atoms with Gasteiger partial charge in [-0.1, -0.05) is 159 Å². The average Bonchev–Trinajstić information content (AvgIpc) is 1.63. The second kappa shape index (κ2) is 39.5. The molecule has 4 aromatic rings. The van der Waals surface area contributed by atoms with Gasteiger partial charge in [0.2, 0.25) is 23.6 Å². The molecule has 4 aromatic carbocycles. The molecule has 12 atom stereocenters. The average molecular weight is 1560 g/mol. The van der Waals surface area contributed by atoms with Crippen molar-refractivity contribution >= 4 is 104 Å². The Balaban J connectivity index is 0.000000299. The number of benzene rings is 4. The van der Waals surface area contributed by atoms with Gasteiger partial charge >= 0.3 is 23.9 Å². The quantitative estimate of drug-likeness (QED) is 0.0177. The van der Waals surface area contributed by atoms with Gasteiger partial charge < -0.3 is 64.1 Å². The van der Waals surface area contributed by atoms with Crippen LogP contribution in [0, 0.1) is 34.5 Å². The molecule has 4 amide bonds. The molecule has 2 saturated heterocycles. The molecule has 0 aliphatic carbocycles. The molecule has 106 heavy (non-hydrogen) atoms. The van der Waals surface area contributed by atoms with Crippen LogP contribution in [-0.4, -0.2) is 153 Å². The molecule has 0 radical (unpaired) electrons. The van der Waals surface area contributed by atoms with Gasteiger partial charge in [0.05, 0.1) is 47.3 Å². The minimum Gasteiger partial charge on any atom is -0.495 e. The van der Waals surface area contributed by atoms with Gasteiger partial charge in [-0.2, -0.15) is 0 Å². The Labute approximate surface area is 647 Å². The number of methoxy groups -OCH3 is 2. The summed E-state index contributed by atoms with van der Waals surface area (Å²) in [7, 11) is 8.81. The zero-order chi connectivity index (χ0) is 78.0. The molecule has 4 heterocycles. The lowest BCUT2D eigenvalue weighted by molar-refractivity contribution is -0.179. The molecular formula is C80H106Cl3N5O16S2. The zero-order valence-corrected chi connectivity index (χ0v) is 67.6. The molecule has 0 spiro atoms. The number of amides is 4. The molecule has 0 saturated carbocycles. The highest BCUT2D eigenvalue weighted by Gasteiger charge is 2.50. The number of esters is 4. The Hall–Kier alpha value is -6.83. The summed E-state index contributed by atoms with van der Waals surface area (Å²) >= 11 is 18.6. The van der Waals surface area contributed by atoms with Gasteiger partial charge in [-0.15, -0.1) is 11.6 Å². The smallest absolute Gasteiger partial charge is 0.347 e. The molecule has 2 fully saturated rings. The molecule has 21 nitrogen and oxygen atoms in total. The van der Waals surface area contributed by atoms with Crippen LogP contribution in [0.3, 0.4) is 0 Å². The van der Waals surface area contributed by atoms with E-state index in [4.69, 9.17) is 72.7 Å². The van der Waals surface area contributed by atoms with E-state index in [1.54, 1.807) is 87.0 Å². The van der Waals surface area contributed by atoms with Crippen molar-refractivity contribution in [1.82, 2.24) is 26.2 Å². The van der Waals surface area contributed by atoms with Crippen LogP contribution in [0.15, 0.2) is 109 Å². The third kappa shape index (κ3) is 25.9. The normalized spacial score (nSPS) is 25.3. The number of cyclic esters (lactones) is 4. The Morgan fingerprint density at radius 1 is 0.575 bits per heavy atom. The van der Waals surface area contributed by atoms with Crippen molar-refractivity contribution in [3.63, 3.8) is 0 Å². The van der Waals surface area contributed by atoms with Crippen LogP contribution in [-0.2, 0) is 92.0 Å². The molecule has 4 aliphatic heterocycles. The van der Waals surface area contributed by atoms with Crippen LogP contribution in [0.2, 0.25) is 10.0 Å². The van der Waals surface area contributed by atoms with Gasteiger partial charge in [-0.25, -0.2) is 9.59 Å². The first-order valence-corrected chi connectivity index (χ1v) is 39.8. The molecule has 0 unspecified atom stereocenters. The van der Waals surface area contributed by atoms with Gasteiger partial charge in [0.25, 0.3) is 0 Å². The first-order chi connectivity index (χ1) is 50.0. The van der Waals surface area contributed by atoms with Crippen molar-refractivity contribution in [2.45, 2.75) is 200 Å². The molecule has 8 rings (SSSR count). The van der Waals surface area contributed by atoms with Gasteiger partial charge in [0.1, 0.15) is 48.0 Å². The fourth-order valence-corrected chi connectivity index (χ4v) is 15.5. The molecule has 580 valence electrons. The summed E-state index contributed by atoms with van der Waals surface area (Å²) < 4.78 is 46.7. The van der Waals surface area contributed by atoms with E-state index in [1.807, 2.05) is 76.6 Å². The van der Waals surface area contributed by atoms with E-state index in [2.05, 4.69) is 77.6 Å². The Morgan fingerprint density at radius 2 is 0.962 bits per heavy atom. The van der Waals surface area contributed by atoms with Crippen LogP contribution in [0.4, 0.5) is 0 Å². The molecular weight excluding hydrogens is 1460 g/mol. The summed E-state index contributed by atoms with van der Waals surface area (Å²) in [5.41, 5.74) is 3.18. The van der Waals surface area contributed by atoms with Gasteiger partial charge in [0, 0.05) is 74.3 Å². The number of halogens is 3. The van der Waals surface area contributed by atoms with Crippen LogP contribution in [0.25, 0.3) is 0 Å². The highest BCUT2D eigenvalue weighted by atomic mass is 35.5. The van der Waals surface area contributed by atoms with E-state index in [-0.39, 0.29) is 104 Å². The predicted molar refractivity (Wildman–Crippen MR) is 414 cm³/mol. The van der Waals surface area contributed by atoms with Gasteiger partial charge in [-0.3, -0.25) is 28.8 Å². The second-order valence-electron chi connectivity index (χ2n) is 30.5. The largest absolute Gasteiger partial charge is 0.495 e. The summed E-state index contributed by atoms with van der Waals surface area (Å²) in [6, 6.07) is 24.5. The maximum atomic E-state index is 13.8. The molecule has 0 aromatic heterocycles. The van der Waals surface area contributed by atoms with E-state index >= 15 is 0 Å². The zero-order valence-electron chi connectivity index (χ0n) is 63.7. The van der Waals surface area contributed by atoms with Crippen molar-refractivity contribution < 1.29 is 76.3 Å². The van der Waals surface area contributed by atoms with E-state index < -0.39 is 94.8 Å². The summed E-state index contributed by atoms with van der Waals surface area (Å²) in [5, 5.41) is 11.9. The fraction of sp³-hybridized carbons (Fsp3) is 0.550. The molecule has 4 aliphatic rings. The van der Waals surface area contributed by atoms with Crippen molar-refractivity contribution in [1.29, 1.82) is 0 Å². The van der Waals surface area contributed by atoms with Crippen LogP contribution < -0.4 is 30.7 Å². The summed E-state index contributed by atoms with van der Waals surface area (Å²) in [5.74, 6) is -3.85. The maximum absolute atomic E-state index is 13.8. The predicted octanol–water partition coefficient (Wildman–Crippen LogP) is 13.2. The topological polar surface area (TPSA) is 268 Å². The number of rotatable bonds is 23. The summed E-state index contributed by atoms with van der Waals surface area (Å²) in [6.45, 7) is 24.1. The monoisotopic (exact) mass is 1560 g/mol. The number of ether oxygens (including phenoxy) is 8. The number of epoxide rings is 2. The van der Waals surface area contributed by atoms with E-state index in [9.17, 15) is 38.4 Å². The van der Waals surface area contributed by atoms with Crippen molar-refractivity contribution in [3.05, 3.63) is 153 Å². The van der Waals surface area contributed by atoms with Crippen molar-refractivity contribution in [2.24, 2.45) is 34.5 Å². The number of nitrogens with zero attached hydrogens (tertiary/aromatic N) is 1. The number of carbonyl (C=O) groups excluding carboxylic acids is 8. The maximum Gasteiger partial charge on any atom is 0.347 e. The minimum absolute atomic E-state index is 0.00932. The van der Waals surface area contributed by atoms with E-state index in [0.717, 1.165) is 29.8 Å². The lowest BCUT2D eigenvalue weighted by Gasteiger charge is -2.29. The molecule has 4 N–H and O–H groups in total. The number of hydrogen-bond donors (Lipinski definition) is 4. The third-order valence-electron chi connectivity index (χ3n) is 18.7. The van der Waals surface area contributed by atoms with Gasteiger partial charge in [-0.05, 0) is 149 Å². The lowest BCUT2D eigenvalue weighted by Crippen LogP contribution is -2.51. The highest BCUT2D eigenvalue weighted by molar-refractivity contribution is 8.77. The molecule has 0 bridgehead atoms. The van der Waals surface area contributed by atoms with Crippen molar-refractivity contribution in [2.75, 3.05) is 47.2 Å². The summed E-state index contributed by atoms with van der Waals surface area (Å²) in [6.07, 6.45) is 4.49. The minimum atomic E-state index is -1.21. The SMILES string of the molecule is COc1ccc(C[C@H]2NC(=O)/C=C/C[C@@H]([C@H](C)[C@H]3O[C@@H]3c3ccc(CCl)cc3)OC(=O)[C@H](CC(C)C)OC(=O)C(C)(C)CNC2=O)cc1Cl.COc1ccc(C[C@H]2NC(=O)/C=C/C[C@@H]([C@H](C)[C@H]3O[C@@H]3c3ccc(CN(C)CC(C)(C)SSC)cc3)OC(=O)[C@H](CC(C)C)OC(=O)C(C)(C)CNC2=O)cc1Cl. The van der Waals surface area contributed by atoms with Crippen LogP contribution in [0.1, 0.15) is 154 Å². The third-order valence-corrected chi connectivity index (χ3v) is 22.2. The number of nitrogens with one attached hydrogen (secondary N) is 4. The van der Waals surface area contributed by atoms with Crippen LogP contribution >= 0.6 is 56.4 Å². The number of hydrogen-bond acceptors (Lipinski definition) is 19. The first-order valence-electron chi connectivity index (χ1n) is 36.0. The van der Waals surface area contributed by atoms with Crippen LogP contribution in [0.5, 0.6) is 11.5 Å². The Kier molecular flexibility index (Phi) is 32.2. The first kappa shape index (κ1) is 86.4. The Morgan fingerprint density at radius 3 is 1.32 bits per heavy atom. The highest BCUT2D eigenvalue weighted by Crippen LogP contribution is 2.47.